The fraction of sp³-hybridized carbons (Fsp3) is 0.435. The van der Waals surface area contributed by atoms with E-state index in [9.17, 15) is 39.9 Å². The number of ketones is 2. The van der Waals surface area contributed by atoms with Gasteiger partial charge in [0, 0.05) is 11.5 Å². The predicted molar refractivity (Wildman–Crippen MR) is 115 cm³/mol. The molecule has 10 heteroatoms. The van der Waals surface area contributed by atoms with Gasteiger partial charge in [-0.2, -0.15) is 0 Å². The van der Waals surface area contributed by atoms with Crippen molar-refractivity contribution in [3.05, 3.63) is 51.5 Å². The van der Waals surface area contributed by atoms with Gasteiger partial charge in [-0.15, -0.1) is 0 Å². The molecule has 0 aliphatic heterocycles. The number of aliphatic hydroxyl groups excluding tert-OH is 3. The molecule has 0 aromatic heterocycles. The van der Waals surface area contributed by atoms with E-state index >= 15 is 0 Å². The number of amides is 1. The SMILES string of the molecule is Cc1ccc(O)c2c1C(C)C1C(=C(O)C3(O)C(=O)C(C(N)=O)=C(O)C(N(C)C)C3C1O)C2=O. The highest BCUT2D eigenvalue weighted by atomic mass is 16.4. The number of phenolic OH excluding ortho intramolecular Hbond substituents is 1. The number of nitrogens with zero attached hydrogens (tertiary/aromatic N) is 1. The molecule has 3 aliphatic carbocycles. The number of carbonyl (C=O) groups is 3. The molecule has 1 amide bonds. The summed E-state index contributed by atoms with van der Waals surface area (Å²) >= 11 is 0. The van der Waals surface area contributed by atoms with E-state index in [1.165, 1.54) is 25.1 Å². The maximum absolute atomic E-state index is 13.5. The van der Waals surface area contributed by atoms with Crippen LogP contribution in [0.4, 0.5) is 0 Å². The average molecular weight is 458 g/mol. The van der Waals surface area contributed by atoms with Gasteiger partial charge in [-0.25, -0.2) is 0 Å². The van der Waals surface area contributed by atoms with Gasteiger partial charge in [0.1, 0.15) is 22.8 Å². The molecule has 3 aliphatic rings. The van der Waals surface area contributed by atoms with Crippen LogP contribution >= 0.6 is 0 Å². The van der Waals surface area contributed by atoms with Crippen LogP contribution < -0.4 is 5.73 Å². The topological polar surface area (TPSA) is 182 Å². The molecule has 7 N–H and O–H groups in total. The number of hydrogen-bond acceptors (Lipinski definition) is 9. The normalized spacial score (nSPS) is 33.7. The Balaban J connectivity index is 2.08. The first-order chi connectivity index (χ1) is 15.3. The fourth-order valence-corrected chi connectivity index (χ4v) is 5.92. The molecule has 0 bridgehead atoms. The Hall–Kier alpha value is -3.21. The minimum atomic E-state index is -2.90. The maximum atomic E-state index is 13.5. The number of likely N-dealkylation sites (N-methyl/N-ethyl adjacent to an activating group) is 1. The number of Topliss-reactive ketones (excluding diaryl/α,β-unsaturated/α-hetero) is 2. The standard InChI is InChI=1S/C23H26N2O8/c1-7-5-6-9(26)12-10(7)8(2)11-13(17(12)27)20(30)23(33)15(18(11)28)16(25(3)4)19(29)14(21(23)31)22(24)32/h5-6,8,11,15-16,18,26,28-30,33H,1-4H3,(H2,24,32). The van der Waals surface area contributed by atoms with E-state index in [2.05, 4.69) is 0 Å². The largest absolute Gasteiger partial charge is 0.510 e. The molecule has 6 atom stereocenters. The van der Waals surface area contributed by atoms with Crippen LogP contribution in [0.2, 0.25) is 0 Å². The summed E-state index contributed by atoms with van der Waals surface area (Å²) in [6.45, 7) is 3.44. The van der Waals surface area contributed by atoms with Crippen molar-refractivity contribution < 1.29 is 39.9 Å². The molecule has 33 heavy (non-hydrogen) atoms. The summed E-state index contributed by atoms with van der Waals surface area (Å²) in [5.41, 5.74) is 2.12. The number of benzene rings is 1. The van der Waals surface area contributed by atoms with Gasteiger partial charge in [-0.3, -0.25) is 19.3 Å². The highest BCUT2D eigenvalue weighted by molar-refractivity contribution is 6.25. The Morgan fingerprint density at radius 2 is 1.76 bits per heavy atom. The van der Waals surface area contributed by atoms with Crippen LogP contribution in [0.25, 0.3) is 0 Å². The molecule has 0 radical (unpaired) electrons. The Kier molecular flexibility index (Phi) is 4.97. The summed E-state index contributed by atoms with van der Waals surface area (Å²) in [6.07, 6.45) is -1.59. The molecule has 0 fully saturated rings. The lowest BCUT2D eigenvalue weighted by molar-refractivity contribution is -0.162. The second-order valence-corrected chi connectivity index (χ2v) is 9.24. The highest BCUT2D eigenvalue weighted by Gasteiger charge is 2.67. The molecule has 0 spiro atoms. The van der Waals surface area contributed by atoms with E-state index in [-0.39, 0.29) is 11.3 Å². The van der Waals surface area contributed by atoms with Crippen molar-refractivity contribution in [1.82, 2.24) is 4.90 Å². The van der Waals surface area contributed by atoms with Crippen LogP contribution in [-0.4, -0.2) is 79.7 Å². The fourth-order valence-electron chi connectivity index (χ4n) is 5.92. The third-order valence-electron chi connectivity index (χ3n) is 7.33. The van der Waals surface area contributed by atoms with Gasteiger partial charge in [0.25, 0.3) is 5.91 Å². The van der Waals surface area contributed by atoms with Crippen molar-refractivity contribution in [2.24, 2.45) is 17.6 Å². The molecule has 0 saturated carbocycles. The van der Waals surface area contributed by atoms with Gasteiger partial charge >= 0.3 is 0 Å². The Morgan fingerprint density at radius 3 is 2.30 bits per heavy atom. The highest BCUT2D eigenvalue weighted by Crippen LogP contribution is 2.55. The summed E-state index contributed by atoms with van der Waals surface area (Å²) < 4.78 is 0. The number of primary amides is 1. The van der Waals surface area contributed by atoms with Crippen LogP contribution in [0.15, 0.2) is 34.8 Å². The number of phenols is 1. The summed E-state index contributed by atoms with van der Waals surface area (Å²) in [5.74, 6) is -8.85. The summed E-state index contributed by atoms with van der Waals surface area (Å²) in [6, 6.07) is 1.68. The molecular weight excluding hydrogens is 432 g/mol. The minimum Gasteiger partial charge on any atom is -0.510 e. The lowest BCUT2D eigenvalue weighted by atomic mass is 9.55. The summed E-state index contributed by atoms with van der Waals surface area (Å²) in [5, 5.41) is 55.4. The number of rotatable bonds is 2. The molecule has 10 nitrogen and oxygen atoms in total. The predicted octanol–water partition coefficient (Wildman–Crippen LogP) is -0.0392. The van der Waals surface area contributed by atoms with Crippen LogP contribution in [-0.2, 0) is 9.59 Å². The molecule has 4 rings (SSSR count). The number of nitrogens with two attached hydrogens (primary N) is 1. The third kappa shape index (κ3) is 2.68. The molecule has 0 heterocycles. The smallest absolute Gasteiger partial charge is 0.255 e. The molecular formula is C23H26N2O8. The zero-order chi connectivity index (χ0) is 24.7. The van der Waals surface area contributed by atoms with Crippen LogP contribution in [0.3, 0.4) is 0 Å². The number of aliphatic hydroxyl groups is 4. The Bertz CT molecular complexity index is 1180. The van der Waals surface area contributed by atoms with Gasteiger partial charge in [0.15, 0.2) is 11.4 Å². The lowest BCUT2D eigenvalue weighted by Crippen LogP contribution is -2.68. The Labute approximate surface area is 189 Å². The summed E-state index contributed by atoms with van der Waals surface area (Å²) in [4.78, 5) is 40.1. The van der Waals surface area contributed by atoms with Crippen molar-refractivity contribution in [2.45, 2.75) is 37.5 Å². The van der Waals surface area contributed by atoms with Crippen molar-refractivity contribution in [3.8, 4) is 5.75 Å². The zero-order valence-electron chi connectivity index (χ0n) is 18.5. The number of carbonyl (C=O) groups excluding carboxylic acids is 3. The summed E-state index contributed by atoms with van der Waals surface area (Å²) in [7, 11) is 2.98. The first kappa shape index (κ1) is 23.0. The number of fused-ring (bicyclic) bond motifs is 3. The molecule has 0 saturated heterocycles. The minimum absolute atomic E-state index is 0.0875. The van der Waals surface area contributed by atoms with E-state index in [0.29, 0.717) is 11.1 Å². The number of aromatic hydroxyl groups is 1. The van der Waals surface area contributed by atoms with Crippen molar-refractivity contribution in [2.75, 3.05) is 14.1 Å². The Morgan fingerprint density at radius 1 is 1.15 bits per heavy atom. The molecule has 6 unspecified atom stereocenters. The lowest BCUT2D eigenvalue weighted by Gasteiger charge is -2.53. The van der Waals surface area contributed by atoms with Crippen molar-refractivity contribution in [3.63, 3.8) is 0 Å². The zero-order valence-corrected chi connectivity index (χ0v) is 18.5. The first-order valence-corrected chi connectivity index (χ1v) is 10.4. The van der Waals surface area contributed by atoms with E-state index in [1.807, 2.05) is 0 Å². The molecule has 1 aromatic rings. The molecule has 176 valence electrons. The first-order valence-electron chi connectivity index (χ1n) is 10.4. The quantitative estimate of drug-likeness (QED) is 0.331. The van der Waals surface area contributed by atoms with Crippen LogP contribution in [0.1, 0.15) is 34.3 Å². The van der Waals surface area contributed by atoms with Gasteiger partial charge in [-0.05, 0) is 44.1 Å². The van der Waals surface area contributed by atoms with Gasteiger partial charge in [-0.1, -0.05) is 13.0 Å². The van der Waals surface area contributed by atoms with E-state index in [1.54, 1.807) is 19.9 Å². The maximum Gasteiger partial charge on any atom is 0.255 e. The monoisotopic (exact) mass is 458 g/mol. The van der Waals surface area contributed by atoms with Crippen molar-refractivity contribution >= 4 is 17.5 Å². The van der Waals surface area contributed by atoms with E-state index in [0.717, 1.165) is 0 Å². The van der Waals surface area contributed by atoms with E-state index in [4.69, 9.17) is 5.73 Å². The third-order valence-corrected chi connectivity index (χ3v) is 7.33. The second-order valence-electron chi connectivity index (χ2n) is 9.24. The van der Waals surface area contributed by atoms with Gasteiger partial charge in [0.2, 0.25) is 5.78 Å². The van der Waals surface area contributed by atoms with E-state index < -0.39 is 75.6 Å². The number of aryl methyl sites for hydroxylation is 1. The average Bonchev–Trinajstić information content (AvgIpc) is 2.72. The van der Waals surface area contributed by atoms with Crippen LogP contribution in [0.5, 0.6) is 5.75 Å². The van der Waals surface area contributed by atoms with Gasteiger partial charge in [0.05, 0.1) is 23.6 Å². The van der Waals surface area contributed by atoms with Crippen molar-refractivity contribution in [1.29, 1.82) is 0 Å². The van der Waals surface area contributed by atoms with Gasteiger partial charge < -0.3 is 31.3 Å². The van der Waals surface area contributed by atoms with Crippen LogP contribution in [0, 0.1) is 18.8 Å². The number of hydrogen-bond donors (Lipinski definition) is 6. The molecule has 1 aromatic carbocycles. The second kappa shape index (κ2) is 7.14.